The van der Waals surface area contributed by atoms with Crippen LogP contribution in [-0.4, -0.2) is 28.9 Å². The zero-order valence-electron chi connectivity index (χ0n) is 16.2. The van der Waals surface area contributed by atoms with Crippen molar-refractivity contribution in [3.05, 3.63) is 65.7 Å². The Morgan fingerprint density at radius 1 is 1.00 bits per heavy atom. The molecule has 0 aliphatic carbocycles. The molecule has 0 aromatic heterocycles. The summed E-state index contributed by atoms with van der Waals surface area (Å²) in [7, 11) is 0. The van der Waals surface area contributed by atoms with Crippen molar-refractivity contribution >= 4 is 12.1 Å². The lowest BCUT2D eigenvalue weighted by molar-refractivity contribution is -0.154. The van der Waals surface area contributed by atoms with Crippen LogP contribution < -0.4 is 10.2 Å². The van der Waals surface area contributed by atoms with Crippen LogP contribution in [0.25, 0.3) is 0 Å². The van der Waals surface area contributed by atoms with E-state index >= 15 is 0 Å². The van der Waals surface area contributed by atoms with Crippen LogP contribution in [-0.2, 0) is 27.4 Å². The number of amides is 1. The molecule has 7 nitrogen and oxygen atoms in total. The number of benzene rings is 2. The Kier molecular flexibility index (Phi) is 7.40. The standard InChI is InChI=1S/C21H25NO6/c1-21(2,3)27-20(25)22-28-18(19(23)24)13-15-9-11-17(12-10-15)26-14-16-7-5-4-6-8-16/h4-12,18H,13-14H2,1-3H3,(H,22,25)(H,23,24)/t18-/m1/s1. The SMILES string of the molecule is CC(C)(C)OC(=O)NO[C@H](Cc1ccc(OCc2ccccc2)cc1)C(=O)O. The molecule has 2 aromatic rings. The van der Waals surface area contributed by atoms with Gasteiger partial charge in [0.05, 0.1) is 0 Å². The second-order valence-electron chi connectivity index (χ2n) is 7.17. The first-order valence-corrected chi connectivity index (χ1v) is 8.86. The topological polar surface area (TPSA) is 94.1 Å². The van der Waals surface area contributed by atoms with Crippen LogP contribution in [0.2, 0.25) is 0 Å². The fourth-order valence-corrected chi connectivity index (χ4v) is 2.27. The maximum Gasteiger partial charge on any atom is 0.431 e. The number of carboxylic acid groups (broad SMARTS) is 1. The summed E-state index contributed by atoms with van der Waals surface area (Å²) in [5.74, 6) is -0.521. The van der Waals surface area contributed by atoms with Crippen LogP contribution in [0, 0.1) is 0 Å². The molecule has 0 saturated heterocycles. The molecular weight excluding hydrogens is 362 g/mol. The molecule has 150 valence electrons. The summed E-state index contributed by atoms with van der Waals surface area (Å²) >= 11 is 0. The number of hydrogen-bond donors (Lipinski definition) is 2. The highest BCUT2D eigenvalue weighted by molar-refractivity contribution is 5.73. The van der Waals surface area contributed by atoms with E-state index in [1.54, 1.807) is 45.0 Å². The quantitative estimate of drug-likeness (QED) is 0.671. The molecule has 28 heavy (non-hydrogen) atoms. The first-order chi connectivity index (χ1) is 13.2. The molecular formula is C21H25NO6. The number of aliphatic carboxylic acids is 1. The zero-order valence-corrected chi connectivity index (χ0v) is 16.2. The maximum absolute atomic E-state index is 11.6. The molecule has 0 fully saturated rings. The lowest BCUT2D eigenvalue weighted by atomic mass is 10.1. The van der Waals surface area contributed by atoms with Gasteiger partial charge in [0.2, 0.25) is 0 Å². The number of carbonyl (C=O) groups is 2. The average molecular weight is 387 g/mol. The highest BCUT2D eigenvalue weighted by atomic mass is 16.7. The molecule has 2 aromatic carbocycles. The van der Waals surface area contributed by atoms with E-state index in [-0.39, 0.29) is 6.42 Å². The van der Waals surface area contributed by atoms with Crippen LogP contribution in [0.1, 0.15) is 31.9 Å². The summed E-state index contributed by atoms with van der Waals surface area (Å²) < 4.78 is 10.7. The van der Waals surface area contributed by atoms with E-state index in [9.17, 15) is 14.7 Å². The molecule has 0 heterocycles. The lowest BCUT2D eigenvalue weighted by Gasteiger charge is -2.20. The number of hydrogen-bond acceptors (Lipinski definition) is 5. The van der Waals surface area contributed by atoms with E-state index in [1.165, 1.54) is 0 Å². The Bertz CT molecular complexity index is 768. The van der Waals surface area contributed by atoms with Crippen LogP contribution in [0.5, 0.6) is 5.75 Å². The molecule has 0 spiro atoms. The van der Waals surface area contributed by atoms with E-state index in [1.807, 2.05) is 35.8 Å². The van der Waals surface area contributed by atoms with E-state index in [2.05, 4.69) is 0 Å². The zero-order chi connectivity index (χ0) is 20.6. The molecule has 0 aliphatic heterocycles. The minimum Gasteiger partial charge on any atom is -0.489 e. The summed E-state index contributed by atoms with van der Waals surface area (Å²) in [4.78, 5) is 28.0. The van der Waals surface area contributed by atoms with Gasteiger partial charge in [-0.1, -0.05) is 42.5 Å². The Hall–Kier alpha value is -3.06. The van der Waals surface area contributed by atoms with Gasteiger partial charge in [0.25, 0.3) is 0 Å². The van der Waals surface area contributed by atoms with Crippen molar-refractivity contribution in [1.29, 1.82) is 0 Å². The number of nitrogens with one attached hydrogen (secondary N) is 1. The van der Waals surface area contributed by atoms with Gasteiger partial charge in [-0.05, 0) is 44.0 Å². The molecule has 0 radical (unpaired) electrons. The van der Waals surface area contributed by atoms with Gasteiger partial charge in [-0.2, -0.15) is 5.48 Å². The Morgan fingerprint density at radius 2 is 1.64 bits per heavy atom. The van der Waals surface area contributed by atoms with Crippen molar-refractivity contribution in [1.82, 2.24) is 5.48 Å². The molecule has 0 bridgehead atoms. The largest absolute Gasteiger partial charge is 0.489 e. The highest BCUT2D eigenvalue weighted by Gasteiger charge is 2.22. The van der Waals surface area contributed by atoms with Crippen LogP contribution in [0.4, 0.5) is 4.79 Å². The normalized spacial score (nSPS) is 12.1. The van der Waals surface area contributed by atoms with Gasteiger partial charge in [-0.3, -0.25) is 4.84 Å². The monoisotopic (exact) mass is 387 g/mol. The van der Waals surface area contributed by atoms with Crippen molar-refractivity contribution < 1.29 is 29.0 Å². The molecule has 1 amide bonds. The third-order valence-electron chi connectivity index (χ3n) is 3.55. The van der Waals surface area contributed by atoms with E-state index in [4.69, 9.17) is 14.3 Å². The summed E-state index contributed by atoms with van der Waals surface area (Å²) in [5, 5.41) is 9.30. The van der Waals surface area contributed by atoms with Gasteiger partial charge in [0.15, 0.2) is 6.10 Å². The average Bonchev–Trinajstić information content (AvgIpc) is 2.63. The van der Waals surface area contributed by atoms with Gasteiger partial charge in [0.1, 0.15) is 18.0 Å². The summed E-state index contributed by atoms with van der Waals surface area (Å²) in [6.45, 7) is 5.54. The minimum absolute atomic E-state index is 0.0735. The van der Waals surface area contributed by atoms with E-state index in [0.717, 1.165) is 11.1 Å². The predicted octanol–water partition coefficient (Wildman–Crippen LogP) is 3.72. The maximum atomic E-state index is 11.6. The Labute approximate surface area is 164 Å². The third kappa shape index (κ3) is 7.67. The molecule has 0 aliphatic rings. The minimum atomic E-state index is -1.25. The molecule has 0 unspecified atom stereocenters. The fourth-order valence-electron chi connectivity index (χ4n) is 2.27. The van der Waals surface area contributed by atoms with Gasteiger partial charge >= 0.3 is 12.1 Å². The number of hydroxylamine groups is 1. The number of rotatable bonds is 8. The first-order valence-electron chi connectivity index (χ1n) is 8.86. The van der Waals surface area contributed by atoms with Crippen molar-refractivity contribution in [2.45, 2.75) is 45.5 Å². The number of carbonyl (C=O) groups excluding carboxylic acids is 1. The summed E-state index contributed by atoms with van der Waals surface area (Å²) in [6, 6.07) is 16.8. The summed E-state index contributed by atoms with van der Waals surface area (Å²) in [6.07, 6.45) is -2.02. The van der Waals surface area contributed by atoms with Gasteiger partial charge in [-0.25, -0.2) is 9.59 Å². The Balaban J connectivity index is 1.87. The smallest absolute Gasteiger partial charge is 0.431 e. The predicted molar refractivity (Wildman–Crippen MR) is 103 cm³/mol. The van der Waals surface area contributed by atoms with Gasteiger partial charge in [-0.15, -0.1) is 0 Å². The van der Waals surface area contributed by atoms with Crippen LogP contribution in [0.15, 0.2) is 54.6 Å². The summed E-state index contributed by atoms with van der Waals surface area (Å²) in [5.41, 5.74) is 3.10. The van der Waals surface area contributed by atoms with Crippen molar-refractivity contribution in [2.24, 2.45) is 0 Å². The highest BCUT2D eigenvalue weighted by Crippen LogP contribution is 2.16. The van der Waals surface area contributed by atoms with Crippen LogP contribution in [0.3, 0.4) is 0 Å². The van der Waals surface area contributed by atoms with Crippen LogP contribution >= 0.6 is 0 Å². The fraction of sp³-hybridized carbons (Fsp3) is 0.333. The molecule has 7 heteroatoms. The number of carboxylic acids is 1. The number of ether oxygens (including phenoxy) is 2. The first kappa shape index (κ1) is 21.2. The molecule has 0 saturated carbocycles. The third-order valence-corrected chi connectivity index (χ3v) is 3.55. The van der Waals surface area contributed by atoms with E-state index in [0.29, 0.717) is 12.4 Å². The van der Waals surface area contributed by atoms with Crippen molar-refractivity contribution in [3.8, 4) is 5.75 Å². The molecule has 2 N–H and O–H groups in total. The second kappa shape index (κ2) is 9.75. The van der Waals surface area contributed by atoms with E-state index < -0.39 is 23.8 Å². The van der Waals surface area contributed by atoms with Crippen molar-refractivity contribution in [3.63, 3.8) is 0 Å². The van der Waals surface area contributed by atoms with Crippen molar-refractivity contribution in [2.75, 3.05) is 0 Å². The Morgan fingerprint density at radius 3 is 2.21 bits per heavy atom. The lowest BCUT2D eigenvalue weighted by Crippen LogP contribution is -2.38. The van der Waals surface area contributed by atoms with Gasteiger partial charge < -0.3 is 14.6 Å². The molecule has 1 atom stereocenters. The van der Waals surface area contributed by atoms with Gasteiger partial charge in [0, 0.05) is 6.42 Å². The second-order valence-corrected chi connectivity index (χ2v) is 7.17. The molecule has 2 rings (SSSR count).